The van der Waals surface area contributed by atoms with Crippen LogP contribution in [0.5, 0.6) is 0 Å². The molecule has 1 aromatic heterocycles. The van der Waals surface area contributed by atoms with Crippen LogP contribution in [-0.4, -0.2) is 21.0 Å². The average Bonchev–Trinajstić information content (AvgIpc) is 2.41. The zero-order chi connectivity index (χ0) is 14.7. The van der Waals surface area contributed by atoms with Crippen molar-refractivity contribution in [3.05, 3.63) is 46.5 Å². The first-order valence-corrected chi connectivity index (χ1v) is 6.89. The van der Waals surface area contributed by atoms with Gasteiger partial charge in [-0.25, -0.2) is 14.8 Å². The topological polar surface area (TPSA) is 75.1 Å². The average molecular weight is 336 g/mol. The van der Waals surface area contributed by atoms with E-state index in [0.717, 1.165) is 10.2 Å². The maximum atomic E-state index is 11.3. The third-order valence-corrected chi connectivity index (χ3v) is 3.18. The third kappa shape index (κ3) is 3.33. The van der Waals surface area contributed by atoms with Gasteiger partial charge >= 0.3 is 5.97 Å². The predicted molar refractivity (Wildman–Crippen MR) is 80.5 cm³/mol. The van der Waals surface area contributed by atoms with E-state index in [4.69, 9.17) is 0 Å². The minimum Gasteiger partial charge on any atom is -0.476 e. The maximum absolute atomic E-state index is 11.3. The molecule has 104 valence electrons. The second-order valence-corrected chi connectivity index (χ2v) is 5.50. The molecule has 2 N–H and O–H groups in total. The molecule has 5 nitrogen and oxygen atoms in total. The summed E-state index contributed by atoms with van der Waals surface area (Å²) >= 11 is 3.35. The van der Waals surface area contributed by atoms with E-state index in [9.17, 15) is 9.90 Å². The van der Waals surface area contributed by atoms with Crippen molar-refractivity contribution in [3.63, 3.8) is 0 Å². The number of nitrogens with zero attached hydrogens (tertiary/aromatic N) is 2. The van der Waals surface area contributed by atoms with Gasteiger partial charge in [0.1, 0.15) is 5.82 Å². The summed E-state index contributed by atoms with van der Waals surface area (Å²) in [6, 6.07) is 7.41. The van der Waals surface area contributed by atoms with Crippen LogP contribution in [0, 0.1) is 0 Å². The molecule has 0 saturated carbocycles. The lowest BCUT2D eigenvalue weighted by atomic mass is 10.2. The van der Waals surface area contributed by atoms with Crippen molar-refractivity contribution in [1.29, 1.82) is 0 Å². The third-order valence-electron chi connectivity index (χ3n) is 2.65. The van der Waals surface area contributed by atoms with Crippen LogP contribution in [0.2, 0.25) is 0 Å². The molecule has 20 heavy (non-hydrogen) atoms. The Labute approximate surface area is 125 Å². The molecule has 0 amide bonds. The number of carbonyl (C=O) groups is 1. The number of anilines is 2. The Morgan fingerprint density at radius 1 is 1.30 bits per heavy atom. The molecule has 2 rings (SSSR count). The van der Waals surface area contributed by atoms with Crippen LogP contribution < -0.4 is 5.32 Å². The van der Waals surface area contributed by atoms with Crippen LogP contribution in [-0.2, 0) is 0 Å². The molecule has 0 unspecified atom stereocenters. The summed E-state index contributed by atoms with van der Waals surface area (Å²) < 4.78 is 0.952. The largest absolute Gasteiger partial charge is 0.476 e. The highest BCUT2D eigenvalue weighted by molar-refractivity contribution is 9.10. The molecule has 0 aliphatic carbocycles. The lowest BCUT2D eigenvalue weighted by Gasteiger charge is -2.11. The van der Waals surface area contributed by atoms with Crippen LogP contribution in [0.1, 0.15) is 36.1 Å². The second-order valence-electron chi connectivity index (χ2n) is 4.58. The molecule has 0 atom stereocenters. The SMILES string of the molecule is CC(C)c1ncc(Nc2ccc(Br)cc2)c(C(=O)O)n1. The molecule has 0 aliphatic rings. The van der Waals surface area contributed by atoms with Crippen LogP contribution in [0.15, 0.2) is 34.9 Å². The molecule has 0 radical (unpaired) electrons. The Hall–Kier alpha value is -1.95. The van der Waals surface area contributed by atoms with Crippen LogP contribution in [0.25, 0.3) is 0 Å². The zero-order valence-electron chi connectivity index (χ0n) is 11.1. The fourth-order valence-corrected chi connectivity index (χ4v) is 1.88. The van der Waals surface area contributed by atoms with E-state index in [1.165, 1.54) is 6.20 Å². The van der Waals surface area contributed by atoms with E-state index in [1.807, 2.05) is 38.1 Å². The monoisotopic (exact) mass is 335 g/mol. The maximum Gasteiger partial charge on any atom is 0.356 e. The number of halogens is 1. The molecule has 0 fully saturated rings. The van der Waals surface area contributed by atoms with Crippen LogP contribution in [0.4, 0.5) is 11.4 Å². The summed E-state index contributed by atoms with van der Waals surface area (Å²) in [5, 5.41) is 12.3. The standard InChI is InChI=1S/C14H14BrN3O2/c1-8(2)13-16-7-11(12(18-13)14(19)20)17-10-5-3-9(15)4-6-10/h3-8,17H,1-2H3,(H,19,20). The number of aromatic nitrogens is 2. The van der Waals surface area contributed by atoms with Crippen molar-refractivity contribution in [2.24, 2.45) is 0 Å². The molecular formula is C14H14BrN3O2. The van der Waals surface area contributed by atoms with Crippen LogP contribution >= 0.6 is 15.9 Å². The van der Waals surface area contributed by atoms with Gasteiger partial charge in [-0.3, -0.25) is 0 Å². The van der Waals surface area contributed by atoms with Crippen molar-refractivity contribution in [1.82, 2.24) is 9.97 Å². The van der Waals surface area contributed by atoms with Gasteiger partial charge in [0.2, 0.25) is 0 Å². The van der Waals surface area contributed by atoms with Gasteiger partial charge in [0, 0.05) is 16.1 Å². The summed E-state index contributed by atoms with van der Waals surface area (Å²) in [6.07, 6.45) is 1.51. The molecular weight excluding hydrogens is 322 g/mol. The molecule has 1 heterocycles. The zero-order valence-corrected chi connectivity index (χ0v) is 12.7. The van der Waals surface area contributed by atoms with Gasteiger partial charge in [0.05, 0.1) is 11.9 Å². The fourth-order valence-electron chi connectivity index (χ4n) is 1.62. The Morgan fingerprint density at radius 3 is 2.50 bits per heavy atom. The van der Waals surface area contributed by atoms with E-state index in [2.05, 4.69) is 31.2 Å². The fraction of sp³-hybridized carbons (Fsp3) is 0.214. The summed E-state index contributed by atoms with van der Waals surface area (Å²) in [5.41, 5.74) is 1.13. The molecule has 0 bridgehead atoms. The van der Waals surface area contributed by atoms with Gasteiger partial charge in [-0.2, -0.15) is 0 Å². The molecule has 0 spiro atoms. The number of benzene rings is 1. The quantitative estimate of drug-likeness (QED) is 0.888. The highest BCUT2D eigenvalue weighted by Crippen LogP contribution is 2.22. The number of rotatable bonds is 4. The highest BCUT2D eigenvalue weighted by atomic mass is 79.9. The van der Waals surface area contributed by atoms with Crippen molar-refractivity contribution in [2.75, 3.05) is 5.32 Å². The smallest absolute Gasteiger partial charge is 0.356 e. The van der Waals surface area contributed by atoms with E-state index in [1.54, 1.807) is 0 Å². The number of nitrogens with one attached hydrogen (secondary N) is 1. The van der Waals surface area contributed by atoms with E-state index in [-0.39, 0.29) is 11.6 Å². The summed E-state index contributed by atoms with van der Waals surface area (Å²) in [7, 11) is 0. The summed E-state index contributed by atoms with van der Waals surface area (Å²) in [6.45, 7) is 3.84. The van der Waals surface area contributed by atoms with Gasteiger partial charge in [0.15, 0.2) is 5.69 Å². The first kappa shape index (κ1) is 14.5. The summed E-state index contributed by atoms with van der Waals surface area (Å²) in [4.78, 5) is 19.6. The van der Waals surface area contributed by atoms with Crippen LogP contribution in [0.3, 0.4) is 0 Å². The Balaban J connectivity index is 2.35. The van der Waals surface area contributed by atoms with Crippen molar-refractivity contribution >= 4 is 33.3 Å². The van der Waals surface area contributed by atoms with Gasteiger partial charge < -0.3 is 10.4 Å². The summed E-state index contributed by atoms with van der Waals surface area (Å²) in [5.74, 6) is -0.479. The minimum atomic E-state index is -1.08. The number of hydrogen-bond donors (Lipinski definition) is 2. The molecule has 6 heteroatoms. The first-order chi connectivity index (χ1) is 9.47. The lowest BCUT2D eigenvalue weighted by molar-refractivity contribution is 0.0691. The number of carboxylic acid groups (broad SMARTS) is 1. The van der Waals surface area contributed by atoms with Gasteiger partial charge in [0.25, 0.3) is 0 Å². The Bertz CT molecular complexity index is 627. The first-order valence-electron chi connectivity index (χ1n) is 6.10. The molecule has 2 aromatic rings. The number of hydrogen-bond acceptors (Lipinski definition) is 4. The van der Waals surface area contributed by atoms with Crippen molar-refractivity contribution in [3.8, 4) is 0 Å². The number of aromatic carboxylic acids is 1. The van der Waals surface area contributed by atoms with E-state index in [0.29, 0.717) is 11.5 Å². The minimum absolute atomic E-state index is 0.0216. The van der Waals surface area contributed by atoms with Crippen molar-refractivity contribution in [2.45, 2.75) is 19.8 Å². The normalized spacial score (nSPS) is 10.6. The Morgan fingerprint density at radius 2 is 1.95 bits per heavy atom. The highest BCUT2D eigenvalue weighted by Gasteiger charge is 2.15. The molecule has 0 aliphatic heterocycles. The molecule has 0 saturated heterocycles. The van der Waals surface area contributed by atoms with E-state index < -0.39 is 5.97 Å². The predicted octanol–water partition coefficient (Wildman–Crippen LogP) is 3.80. The molecule has 1 aromatic carbocycles. The second kappa shape index (κ2) is 6.00. The van der Waals surface area contributed by atoms with Gasteiger partial charge in [-0.15, -0.1) is 0 Å². The van der Waals surface area contributed by atoms with Crippen molar-refractivity contribution < 1.29 is 9.90 Å². The number of carboxylic acids is 1. The van der Waals surface area contributed by atoms with Gasteiger partial charge in [-0.05, 0) is 24.3 Å². The van der Waals surface area contributed by atoms with E-state index >= 15 is 0 Å². The Kier molecular flexibility index (Phi) is 4.34. The van der Waals surface area contributed by atoms with Gasteiger partial charge in [-0.1, -0.05) is 29.8 Å². The lowest BCUT2D eigenvalue weighted by Crippen LogP contribution is -2.10.